The van der Waals surface area contributed by atoms with Gasteiger partial charge in [0.1, 0.15) is 0 Å². The van der Waals surface area contributed by atoms with E-state index in [1.54, 1.807) is 24.3 Å². The van der Waals surface area contributed by atoms with Gasteiger partial charge in [-0.3, -0.25) is 9.59 Å². The molecule has 0 bridgehead atoms. The van der Waals surface area contributed by atoms with Gasteiger partial charge in [-0.15, -0.1) is 10.2 Å². The second-order valence-corrected chi connectivity index (χ2v) is 5.41. The third kappa shape index (κ3) is 5.82. The molecule has 156 valence electrons. The molecular formula is C18H19N7O5. The Hall–Kier alpha value is -4.35. The Balaban J connectivity index is 2.29. The number of hydrogen-bond donors (Lipinski definition) is 4. The van der Waals surface area contributed by atoms with E-state index in [4.69, 9.17) is 0 Å². The number of aromatic nitrogens is 2. The maximum Gasteiger partial charge on any atom is 0.376 e. The van der Waals surface area contributed by atoms with E-state index in [0.29, 0.717) is 5.56 Å². The van der Waals surface area contributed by atoms with E-state index >= 15 is 0 Å². The standard InChI is InChI=1S/C18H19N7O5/c1-3-30-18(29)14(26)12(17(28)25-22-9-11-7-5-4-6-8-11)23-24-15-13(16(27)19-2)20-10-21-15/h4-10,26H,3H2,1-2H3,(H,19,27)(H,20,21)(H,25,28). The fraction of sp³-hybridized carbons (Fsp3) is 0.167. The highest BCUT2D eigenvalue weighted by molar-refractivity contribution is 6.01. The second-order valence-electron chi connectivity index (χ2n) is 5.41. The molecule has 1 heterocycles. The van der Waals surface area contributed by atoms with Crippen molar-refractivity contribution in [3.63, 3.8) is 0 Å². The van der Waals surface area contributed by atoms with Gasteiger partial charge in [-0.05, 0) is 12.5 Å². The fourth-order valence-corrected chi connectivity index (χ4v) is 2.01. The van der Waals surface area contributed by atoms with Crippen molar-refractivity contribution in [2.75, 3.05) is 13.7 Å². The van der Waals surface area contributed by atoms with Crippen LogP contribution >= 0.6 is 0 Å². The van der Waals surface area contributed by atoms with Crippen LogP contribution in [-0.4, -0.2) is 52.7 Å². The first-order valence-electron chi connectivity index (χ1n) is 8.63. The van der Waals surface area contributed by atoms with E-state index in [1.807, 2.05) is 6.07 Å². The van der Waals surface area contributed by atoms with Crippen LogP contribution in [0.2, 0.25) is 0 Å². The number of aliphatic hydroxyl groups excluding tert-OH is 1. The Labute approximate surface area is 170 Å². The van der Waals surface area contributed by atoms with Gasteiger partial charge in [-0.25, -0.2) is 15.2 Å². The van der Waals surface area contributed by atoms with Gasteiger partial charge < -0.3 is 20.1 Å². The van der Waals surface area contributed by atoms with E-state index in [1.165, 1.54) is 26.5 Å². The highest BCUT2D eigenvalue weighted by atomic mass is 16.5. The summed E-state index contributed by atoms with van der Waals surface area (Å²) in [4.78, 5) is 42.4. The summed E-state index contributed by atoms with van der Waals surface area (Å²) in [5, 5.41) is 23.4. The average Bonchev–Trinajstić information content (AvgIpc) is 3.22. The molecule has 0 saturated heterocycles. The van der Waals surface area contributed by atoms with Gasteiger partial charge in [0.15, 0.2) is 5.69 Å². The van der Waals surface area contributed by atoms with Crippen molar-refractivity contribution in [2.24, 2.45) is 15.3 Å². The molecule has 0 aliphatic heterocycles. The number of aliphatic hydroxyl groups is 1. The number of carbonyl (C=O) groups excluding carboxylic acids is 3. The Morgan fingerprint density at radius 1 is 1.27 bits per heavy atom. The molecule has 30 heavy (non-hydrogen) atoms. The number of esters is 1. The molecule has 0 aliphatic carbocycles. The van der Waals surface area contributed by atoms with Gasteiger partial charge in [0.25, 0.3) is 11.8 Å². The Morgan fingerprint density at radius 3 is 2.67 bits per heavy atom. The van der Waals surface area contributed by atoms with Crippen LogP contribution in [0.4, 0.5) is 5.82 Å². The molecule has 2 rings (SSSR count). The van der Waals surface area contributed by atoms with Crippen LogP contribution in [0.3, 0.4) is 0 Å². The number of hydrazone groups is 1. The monoisotopic (exact) mass is 413 g/mol. The number of nitrogens with zero attached hydrogens (tertiary/aromatic N) is 4. The zero-order valence-corrected chi connectivity index (χ0v) is 16.1. The average molecular weight is 413 g/mol. The molecule has 2 aromatic rings. The number of benzene rings is 1. The van der Waals surface area contributed by atoms with Crippen LogP contribution in [-0.2, 0) is 14.3 Å². The Kier molecular flexibility index (Phi) is 7.94. The first kappa shape index (κ1) is 21.9. The summed E-state index contributed by atoms with van der Waals surface area (Å²) < 4.78 is 4.67. The number of carbonyl (C=O) groups is 3. The smallest absolute Gasteiger partial charge is 0.376 e. The van der Waals surface area contributed by atoms with Gasteiger partial charge in [0, 0.05) is 7.05 Å². The summed E-state index contributed by atoms with van der Waals surface area (Å²) in [6.45, 7) is 1.48. The Morgan fingerprint density at radius 2 is 2.00 bits per heavy atom. The van der Waals surface area contributed by atoms with Crippen molar-refractivity contribution >= 4 is 29.8 Å². The molecule has 2 amide bonds. The molecule has 0 atom stereocenters. The van der Waals surface area contributed by atoms with Crippen molar-refractivity contribution in [3.05, 3.63) is 59.4 Å². The molecule has 0 aliphatic rings. The molecular weight excluding hydrogens is 394 g/mol. The molecule has 1 aromatic carbocycles. The molecule has 0 saturated carbocycles. The number of nitrogens with one attached hydrogen (secondary N) is 3. The van der Waals surface area contributed by atoms with Crippen LogP contribution in [0.5, 0.6) is 0 Å². The zero-order valence-electron chi connectivity index (χ0n) is 16.1. The van der Waals surface area contributed by atoms with Gasteiger partial charge in [-0.1, -0.05) is 30.3 Å². The lowest BCUT2D eigenvalue weighted by Gasteiger charge is -2.04. The van der Waals surface area contributed by atoms with Crippen LogP contribution in [0.25, 0.3) is 0 Å². The summed E-state index contributed by atoms with van der Waals surface area (Å²) in [7, 11) is 1.40. The minimum atomic E-state index is -1.18. The predicted molar refractivity (Wildman–Crippen MR) is 105 cm³/mol. The van der Waals surface area contributed by atoms with Crippen molar-refractivity contribution in [1.82, 2.24) is 20.7 Å². The summed E-state index contributed by atoms with van der Waals surface area (Å²) in [5.74, 6) is -3.98. The van der Waals surface area contributed by atoms with Gasteiger partial charge in [0.05, 0.1) is 19.1 Å². The number of ether oxygens (including phenoxy) is 1. The first-order chi connectivity index (χ1) is 14.5. The van der Waals surface area contributed by atoms with Crippen LogP contribution in [0.15, 0.2) is 63.4 Å². The third-order valence-electron chi connectivity index (χ3n) is 3.41. The second kappa shape index (κ2) is 10.8. The number of imidazole rings is 1. The maximum atomic E-state index is 12.4. The predicted octanol–water partition coefficient (Wildman–Crippen LogP) is 1.34. The lowest BCUT2D eigenvalue weighted by Crippen LogP contribution is -2.23. The topological polar surface area (TPSA) is 170 Å². The number of hydrogen-bond acceptors (Lipinski definition) is 9. The number of azo groups is 1. The van der Waals surface area contributed by atoms with Crippen molar-refractivity contribution < 1.29 is 24.2 Å². The normalized spacial score (nSPS) is 11.9. The highest BCUT2D eigenvalue weighted by Gasteiger charge is 2.23. The first-order valence-corrected chi connectivity index (χ1v) is 8.63. The number of H-pyrrole nitrogens is 1. The number of amides is 2. The molecule has 0 radical (unpaired) electrons. The minimum absolute atomic E-state index is 0.0290. The van der Waals surface area contributed by atoms with E-state index in [0.717, 1.165) is 0 Å². The largest absolute Gasteiger partial charge is 0.500 e. The fourth-order valence-electron chi connectivity index (χ4n) is 2.01. The summed E-state index contributed by atoms with van der Waals surface area (Å²) >= 11 is 0. The lowest BCUT2D eigenvalue weighted by atomic mass is 10.2. The SMILES string of the molecule is CCOC(=O)C(O)=C(N=Nc1nc[nH]c1C(=O)NC)C(=O)NN=Cc1ccccc1. The number of rotatable bonds is 8. The summed E-state index contributed by atoms with van der Waals surface area (Å²) in [6.07, 6.45) is 2.54. The molecule has 4 N–H and O–H groups in total. The Bertz CT molecular complexity index is 995. The van der Waals surface area contributed by atoms with Gasteiger partial charge in [0.2, 0.25) is 17.3 Å². The zero-order chi connectivity index (χ0) is 21.9. The lowest BCUT2D eigenvalue weighted by molar-refractivity contribution is -0.142. The highest BCUT2D eigenvalue weighted by Crippen LogP contribution is 2.17. The molecule has 12 nitrogen and oxygen atoms in total. The van der Waals surface area contributed by atoms with Gasteiger partial charge >= 0.3 is 5.97 Å². The minimum Gasteiger partial charge on any atom is -0.500 e. The van der Waals surface area contributed by atoms with Crippen LogP contribution in [0.1, 0.15) is 23.0 Å². The molecule has 12 heteroatoms. The maximum absolute atomic E-state index is 12.4. The third-order valence-corrected chi connectivity index (χ3v) is 3.41. The van der Waals surface area contributed by atoms with E-state index in [9.17, 15) is 19.5 Å². The summed E-state index contributed by atoms with van der Waals surface area (Å²) in [6, 6.07) is 8.88. The van der Waals surface area contributed by atoms with Gasteiger partial charge in [-0.2, -0.15) is 5.10 Å². The van der Waals surface area contributed by atoms with E-state index < -0.39 is 29.2 Å². The van der Waals surface area contributed by atoms with Crippen molar-refractivity contribution in [1.29, 1.82) is 0 Å². The summed E-state index contributed by atoms with van der Waals surface area (Å²) in [5.41, 5.74) is 2.03. The van der Waals surface area contributed by atoms with Crippen LogP contribution < -0.4 is 10.7 Å². The van der Waals surface area contributed by atoms with Crippen molar-refractivity contribution in [3.8, 4) is 0 Å². The quantitative estimate of drug-likeness (QED) is 0.127. The number of aromatic amines is 1. The van der Waals surface area contributed by atoms with E-state index in [-0.39, 0.29) is 18.1 Å². The molecule has 0 spiro atoms. The molecule has 0 unspecified atom stereocenters. The van der Waals surface area contributed by atoms with E-state index in [2.05, 4.69) is 40.8 Å². The van der Waals surface area contributed by atoms with Crippen molar-refractivity contribution in [2.45, 2.75) is 6.92 Å². The van der Waals surface area contributed by atoms with Crippen LogP contribution in [0, 0.1) is 0 Å². The molecule has 1 aromatic heterocycles. The molecule has 0 fully saturated rings.